The molecule has 2 amide bonds. The Morgan fingerprint density at radius 2 is 1.68 bits per heavy atom. The van der Waals surface area contributed by atoms with Gasteiger partial charge in [0.05, 0.1) is 12.0 Å². The largest absolute Gasteiger partial charge is 0.491 e. The fourth-order valence-electron chi connectivity index (χ4n) is 2.73. The Hall–Kier alpha value is -3.14. The molecule has 0 aliphatic heterocycles. The van der Waals surface area contributed by atoms with Crippen molar-refractivity contribution in [1.82, 2.24) is 5.32 Å². The van der Waals surface area contributed by atoms with Crippen molar-refractivity contribution >= 4 is 27.5 Å². The van der Waals surface area contributed by atoms with E-state index in [4.69, 9.17) is 10.5 Å². The zero-order valence-corrected chi connectivity index (χ0v) is 18.1. The summed E-state index contributed by atoms with van der Waals surface area (Å²) in [6, 6.07) is 11.8. The molecule has 2 aromatic rings. The van der Waals surface area contributed by atoms with Crippen molar-refractivity contribution in [1.29, 1.82) is 0 Å². The first-order chi connectivity index (χ1) is 14.5. The Balaban J connectivity index is 1.89. The summed E-state index contributed by atoms with van der Waals surface area (Å²) in [5.74, 6) is -2.84. The molecule has 4 N–H and O–H groups in total. The molecule has 0 radical (unpaired) electrons. The zero-order valence-electron chi connectivity index (χ0n) is 17.3. The number of rotatable bonds is 11. The second-order valence-corrected chi connectivity index (χ2v) is 9.01. The number of hydrogen-bond acceptors (Lipinski definition) is 5. The molecule has 0 aromatic heterocycles. The van der Waals surface area contributed by atoms with Gasteiger partial charge < -0.3 is 15.8 Å². The maximum Gasteiger partial charge on any atom is 0.241 e. The monoisotopic (exact) mass is 451 g/mol. The van der Waals surface area contributed by atoms with E-state index in [1.165, 1.54) is 36.4 Å². The predicted octanol–water partition coefficient (Wildman–Crippen LogP) is 1.81. The maximum absolute atomic E-state index is 13.0. The third-order valence-electron chi connectivity index (χ3n) is 4.16. The van der Waals surface area contributed by atoms with Gasteiger partial charge in [-0.2, -0.15) is 0 Å². The Labute approximate surface area is 181 Å². The summed E-state index contributed by atoms with van der Waals surface area (Å²) in [5.41, 5.74) is 6.32. The minimum atomic E-state index is -3.96. The number of carbonyl (C=O) groups excluding carboxylic acids is 2. The average Bonchev–Trinajstić information content (AvgIpc) is 2.67. The standard InChI is InChI=1S/C21H26FN3O5S/c1-14(2)30-19-9-7-18(8-10-19)25-31(28,29)13-20(26)24-12-16(21(23)27)11-15-3-5-17(22)6-4-15/h3-10,14,16,25H,11-13H2,1-2H3,(H2,23,27)(H,24,26). The molecule has 10 heteroatoms. The SMILES string of the molecule is CC(C)Oc1ccc(NS(=O)(=O)CC(=O)NCC(Cc2ccc(F)cc2)C(N)=O)cc1. The molecule has 2 rings (SSSR count). The van der Waals surface area contributed by atoms with E-state index in [9.17, 15) is 22.4 Å². The quantitative estimate of drug-likeness (QED) is 0.480. The summed E-state index contributed by atoms with van der Waals surface area (Å²) in [6.07, 6.45) is 0.171. The first kappa shape index (κ1) is 24.1. The van der Waals surface area contributed by atoms with Crippen LogP contribution in [0.1, 0.15) is 19.4 Å². The molecule has 8 nitrogen and oxygen atoms in total. The topological polar surface area (TPSA) is 128 Å². The van der Waals surface area contributed by atoms with E-state index in [1.54, 1.807) is 12.1 Å². The predicted molar refractivity (Wildman–Crippen MR) is 115 cm³/mol. The molecular weight excluding hydrogens is 425 g/mol. The molecule has 1 unspecified atom stereocenters. The zero-order chi connectivity index (χ0) is 23.0. The molecule has 0 fully saturated rings. The van der Waals surface area contributed by atoms with Crippen LogP contribution in [0, 0.1) is 11.7 Å². The number of primary amides is 1. The average molecular weight is 452 g/mol. The van der Waals surface area contributed by atoms with Gasteiger partial charge in [-0.1, -0.05) is 12.1 Å². The molecule has 2 aromatic carbocycles. The molecule has 168 valence electrons. The van der Waals surface area contributed by atoms with Crippen LogP contribution >= 0.6 is 0 Å². The molecule has 0 aliphatic carbocycles. The number of anilines is 1. The van der Waals surface area contributed by atoms with Crippen molar-refractivity contribution in [2.24, 2.45) is 11.7 Å². The minimum absolute atomic E-state index is 0.0153. The van der Waals surface area contributed by atoms with Crippen LogP contribution in [0.5, 0.6) is 5.75 Å². The van der Waals surface area contributed by atoms with E-state index < -0.39 is 39.3 Å². The van der Waals surface area contributed by atoms with E-state index in [0.717, 1.165) is 0 Å². The number of amides is 2. The second kappa shape index (κ2) is 10.8. The van der Waals surface area contributed by atoms with Crippen LogP contribution in [-0.2, 0) is 26.0 Å². The summed E-state index contributed by atoms with van der Waals surface area (Å²) >= 11 is 0. The van der Waals surface area contributed by atoms with Crippen LogP contribution in [0.25, 0.3) is 0 Å². The van der Waals surface area contributed by atoms with Gasteiger partial charge in [0, 0.05) is 12.2 Å². The van der Waals surface area contributed by atoms with Crippen molar-refractivity contribution in [3.63, 3.8) is 0 Å². The van der Waals surface area contributed by atoms with Crippen molar-refractivity contribution in [2.45, 2.75) is 26.4 Å². The van der Waals surface area contributed by atoms with E-state index in [2.05, 4.69) is 10.0 Å². The number of nitrogens with one attached hydrogen (secondary N) is 2. The summed E-state index contributed by atoms with van der Waals surface area (Å²) < 4.78 is 45.3. The van der Waals surface area contributed by atoms with Gasteiger partial charge in [0.1, 0.15) is 17.3 Å². The van der Waals surface area contributed by atoms with Gasteiger partial charge in [-0.25, -0.2) is 12.8 Å². The van der Waals surface area contributed by atoms with Gasteiger partial charge in [-0.3, -0.25) is 14.3 Å². The smallest absolute Gasteiger partial charge is 0.241 e. The van der Waals surface area contributed by atoms with E-state index in [-0.39, 0.29) is 24.8 Å². The minimum Gasteiger partial charge on any atom is -0.491 e. The Morgan fingerprint density at radius 1 is 1.06 bits per heavy atom. The number of carbonyl (C=O) groups is 2. The van der Waals surface area contributed by atoms with Crippen molar-refractivity contribution in [2.75, 3.05) is 17.0 Å². The van der Waals surface area contributed by atoms with Crippen LogP contribution in [0.15, 0.2) is 48.5 Å². The molecule has 0 saturated heterocycles. The number of halogens is 1. The van der Waals surface area contributed by atoms with Crippen molar-refractivity contribution in [3.05, 3.63) is 59.9 Å². The fourth-order valence-corrected chi connectivity index (χ4v) is 3.74. The van der Waals surface area contributed by atoms with Gasteiger partial charge in [0.2, 0.25) is 21.8 Å². The fraction of sp³-hybridized carbons (Fsp3) is 0.333. The van der Waals surface area contributed by atoms with Gasteiger partial charge in [-0.05, 0) is 62.2 Å². The summed E-state index contributed by atoms with van der Waals surface area (Å²) in [7, 11) is -3.96. The molecule has 0 bridgehead atoms. The van der Waals surface area contributed by atoms with Crippen LogP contribution in [-0.4, -0.2) is 38.6 Å². The first-order valence-electron chi connectivity index (χ1n) is 9.62. The molecule has 0 heterocycles. The summed E-state index contributed by atoms with van der Waals surface area (Å²) in [6.45, 7) is 3.61. The molecule has 0 saturated carbocycles. The highest BCUT2D eigenvalue weighted by Crippen LogP contribution is 2.18. The van der Waals surface area contributed by atoms with E-state index >= 15 is 0 Å². The maximum atomic E-state index is 13.0. The molecule has 31 heavy (non-hydrogen) atoms. The molecule has 0 spiro atoms. The number of benzene rings is 2. The lowest BCUT2D eigenvalue weighted by molar-refractivity contribution is -0.122. The second-order valence-electron chi connectivity index (χ2n) is 7.29. The van der Waals surface area contributed by atoms with Crippen molar-refractivity contribution < 1.29 is 27.1 Å². The highest BCUT2D eigenvalue weighted by Gasteiger charge is 2.21. The Morgan fingerprint density at radius 3 is 2.23 bits per heavy atom. The van der Waals surface area contributed by atoms with E-state index in [0.29, 0.717) is 11.3 Å². The lowest BCUT2D eigenvalue weighted by Crippen LogP contribution is -2.40. The summed E-state index contributed by atoms with van der Waals surface area (Å²) in [4.78, 5) is 23.8. The van der Waals surface area contributed by atoms with Gasteiger partial charge >= 0.3 is 0 Å². The van der Waals surface area contributed by atoms with Crippen molar-refractivity contribution in [3.8, 4) is 5.75 Å². The van der Waals surface area contributed by atoms with E-state index in [1.807, 2.05) is 13.8 Å². The number of nitrogens with two attached hydrogens (primary N) is 1. The van der Waals surface area contributed by atoms with Gasteiger partial charge in [-0.15, -0.1) is 0 Å². The molecule has 1 atom stereocenters. The van der Waals surface area contributed by atoms with Gasteiger partial charge in [0.15, 0.2) is 0 Å². The first-order valence-corrected chi connectivity index (χ1v) is 11.3. The Kier molecular flexibility index (Phi) is 8.38. The van der Waals surface area contributed by atoms with Gasteiger partial charge in [0.25, 0.3) is 0 Å². The van der Waals surface area contributed by atoms with Crippen LogP contribution < -0.4 is 20.5 Å². The lowest BCUT2D eigenvalue weighted by Gasteiger charge is -2.15. The Bertz CT molecular complexity index is 993. The molecule has 0 aliphatic rings. The van der Waals surface area contributed by atoms with Crippen LogP contribution in [0.4, 0.5) is 10.1 Å². The number of hydrogen-bond donors (Lipinski definition) is 3. The number of sulfonamides is 1. The third kappa shape index (κ3) is 8.63. The normalized spacial score (nSPS) is 12.3. The highest BCUT2D eigenvalue weighted by molar-refractivity contribution is 7.93. The lowest BCUT2D eigenvalue weighted by atomic mass is 9.98. The highest BCUT2D eigenvalue weighted by atomic mass is 32.2. The van der Waals surface area contributed by atoms with Crippen LogP contribution in [0.3, 0.4) is 0 Å². The van der Waals surface area contributed by atoms with Crippen LogP contribution in [0.2, 0.25) is 0 Å². The third-order valence-corrected chi connectivity index (χ3v) is 5.35. The molecular formula is C21H26FN3O5S. The summed E-state index contributed by atoms with van der Waals surface area (Å²) in [5, 5.41) is 2.42. The number of ether oxygens (including phenoxy) is 1.